The lowest BCUT2D eigenvalue weighted by Gasteiger charge is -2.27. The minimum absolute atomic E-state index is 0.337. The van der Waals surface area contributed by atoms with E-state index in [4.69, 9.17) is 5.73 Å². The van der Waals surface area contributed by atoms with Gasteiger partial charge in [0, 0.05) is 12.6 Å². The molecule has 0 aromatic heterocycles. The first-order valence-corrected chi connectivity index (χ1v) is 7.79. The van der Waals surface area contributed by atoms with Crippen LogP contribution in [0.25, 0.3) is 0 Å². The van der Waals surface area contributed by atoms with Gasteiger partial charge in [-0.3, -0.25) is 0 Å². The zero-order valence-electron chi connectivity index (χ0n) is 13.6. The summed E-state index contributed by atoms with van der Waals surface area (Å²) >= 11 is 0. The van der Waals surface area contributed by atoms with E-state index < -0.39 is 0 Å². The monoisotopic (exact) mass is 256 g/mol. The third-order valence-corrected chi connectivity index (χ3v) is 3.31. The van der Waals surface area contributed by atoms with Gasteiger partial charge in [0.15, 0.2) is 0 Å². The minimum Gasteiger partial charge on any atom is -0.327 e. The Balaban J connectivity index is 4.09. The first kappa shape index (κ1) is 17.9. The second kappa shape index (κ2) is 9.80. The van der Waals surface area contributed by atoms with E-state index in [1.54, 1.807) is 0 Å². The van der Waals surface area contributed by atoms with Crippen LogP contribution in [0, 0.1) is 17.8 Å². The molecule has 0 aliphatic carbocycles. The number of hydrogen-bond acceptors (Lipinski definition) is 2. The van der Waals surface area contributed by atoms with Crippen molar-refractivity contribution in [3.63, 3.8) is 0 Å². The van der Waals surface area contributed by atoms with Crippen molar-refractivity contribution in [2.45, 2.75) is 66.8 Å². The Morgan fingerprint density at radius 3 is 1.56 bits per heavy atom. The predicted octanol–water partition coefficient (Wildman–Crippen LogP) is 3.75. The quantitative estimate of drug-likeness (QED) is 0.645. The van der Waals surface area contributed by atoms with Crippen LogP contribution in [0.5, 0.6) is 0 Å². The van der Waals surface area contributed by atoms with Gasteiger partial charge >= 0.3 is 0 Å². The molecule has 0 amide bonds. The first-order valence-electron chi connectivity index (χ1n) is 7.79. The molecule has 0 saturated carbocycles. The smallest absolute Gasteiger partial charge is 0.0170 e. The van der Waals surface area contributed by atoms with Gasteiger partial charge in [0.05, 0.1) is 0 Å². The molecule has 1 atom stereocenters. The highest BCUT2D eigenvalue weighted by molar-refractivity contribution is 4.71. The van der Waals surface area contributed by atoms with Gasteiger partial charge in [-0.05, 0) is 50.1 Å². The molecule has 18 heavy (non-hydrogen) atoms. The van der Waals surface area contributed by atoms with Gasteiger partial charge < -0.3 is 10.6 Å². The molecule has 0 fully saturated rings. The molecular weight excluding hydrogens is 220 g/mol. The summed E-state index contributed by atoms with van der Waals surface area (Å²) < 4.78 is 0. The van der Waals surface area contributed by atoms with Crippen LogP contribution in [-0.4, -0.2) is 30.6 Å². The molecule has 0 heterocycles. The lowest BCUT2D eigenvalue weighted by molar-refractivity contribution is 0.222. The Labute approximate surface area is 115 Å². The maximum Gasteiger partial charge on any atom is 0.0170 e. The van der Waals surface area contributed by atoms with E-state index in [-0.39, 0.29) is 0 Å². The molecule has 0 aliphatic rings. The predicted molar refractivity (Wildman–Crippen MR) is 82.8 cm³/mol. The highest BCUT2D eigenvalue weighted by Crippen LogP contribution is 2.09. The molecule has 0 aliphatic heterocycles. The number of rotatable bonds is 10. The van der Waals surface area contributed by atoms with E-state index in [9.17, 15) is 0 Å². The van der Waals surface area contributed by atoms with Crippen molar-refractivity contribution in [2.24, 2.45) is 23.5 Å². The summed E-state index contributed by atoms with van der Waals surface area (Å²) in [6.45, 7) is 17.2. The SMILES string of the molecule is CC(C)CCN(CCC(C)C)CC(N)CC(C)C. The summed E-state index contributed by atoms with van der Waals surface area (Å²) in [4.78, 5) is 2.58. The van der Waals surface area contributed by atoms with Crippen LogP contribution in [0.2, 0.25) is 0 Å². The Hall–Kier alpha value is -0.0800. The highest BCUT2D eigenvalue weighted by Gasteiger charge is 2.13. The summed E-state index contributed by atoms with van der Waals surface area (Å²) in [5.41, 5.74) is 6.25. The Morgan fingerprint density at radius 1 is 0.778 bits per heavy atom. The summed E-state index contributed by atoms with van der Waals surface area (Å²) in [6.07, 6.45) is 3.71. The van der Waals surface area contributed by atoms with E-state index in [1.165, 1.54) is 25.9 Å². The van der Waals surface area contributed by atoms with E-state index in [0.717, 1.165) is 24.8 Å². The van der Waals surface area contributed by atoms with E-state index in [1.807, 2.05) is 0 Å². The average molecular weight is 256 g/mol. The minimum atomic E-state index is 0.337. The zero-order valence-corrected chi connectivity index (χ0v) is 13.6. The summed E-state index contributed by atoms with van der Waals surface area (Å²) in [7, 11) is 0. The van der Waals surface area contributed by atoms with Gasteiger partial charge in [-0.1, -0.05) is 41.5 Å². The fourth-order valence-corrected chi connectivity index (χ4v) is 2.19. The average Bonchev–Trinajstić information content (AvgIpc) is 2.20. The Bertz CT molecular complexity index is 176. The van der Waals surface area contributed by atoms with Crippen molar-refractivity contribution in [2.75, 3.05) is 19.6 Å². The van der Waals surface area contributed by atoms with Crippen LogP contribution in [0.3, 0.4) is 0 Å². The van der Waals surface area contributed by atoms with Gasteiger partial charge in [0.2, 0.25) is 0 Å². The van der Waals surface area contributed by atoms with Crippen LogP contribution in [0.15, 0.2) is 0 Å². The summed E-state index contributed by atoms with van der Waals surface area (Å²) in [5, 5.41) is 0. The van der Waals surface area contributed by atoms with Crippen molar-refractivity contribution in [1.29, 1.82) is 0 Å². The van der Waals surface area contributed by atoms with Crippen LogP contribution in [-0.2, 0) is 0 Å². The van der Waals surface area contributed by atoms with Crippen molar-refractivity contribution < 1.29 is 0 Å². The molecule has 0 aromatic carbocycles. The maximum absolute atomic E-state index is 6.25. The molecule has 0 radical (unpaired) electrons. The molecule has 0 rings (SSSR count). The molecule has 2 nitrogen and oxygen atoms in total. The molecule has 110 valence electrons. The second-order valence-electron chi connectivity index (χ2n) is 7.06. The summed E-state index contributed by atoms with van der Waals surface area (Å²) in [5.74, 6) is 2.28. The fourth-order valence-electron chi connectivity index (χ4n) is 2.19. The molecule has 2 heteroatoms. The van der Waals surface area contributed by atoms with Gasteiger partial charge in [0.1, 0.15) is 0 Å². The lowest BCUT2D eigenvalue weighted by atomic mass is 10.0. The lowest BCUT2D eigenvalue weighted by Crippen LogP contribution is -2.40. The van der Waals surface area contributed by atoms with Gasteiger partial charge in [0.25, 0.3) is 0 Å². The van der Waals surface area contributed by atoms with E-state index in [0.29, 0.717) is 12.0 Å². The third kappa shape index (κ3) is 11.0. The molecule has 0 saturated heterocycles. The topological polar surface area (TPSA) is 29.3 Å². The second-order valence-corrected chi connectivity index (χ2v) is 7.06. The number of nitrogens with zero attached hydrogens (tertiary/aromatic N) is 1. The standard InChI is InChI=1S/C16H36N2/c1-13(2)7-9-18(10-8-14(3)4)12-16(17)11-15(5)6/h13-16H,7-12,17H2,1-6H3. The molecular formula is C16H36N2. The Kier molecular flexibility index (Phi) is 9.76. The molecule has 0 bridgehead atoms. The molecule has 0 aromatic rings. The molecule has 1 unspecified atom stereocenters. The maximum atomic E-state index is 6.25. The third-order valence-electron chi connectivity index (χ3n) is 3.31. The number of nitrogens with two attached hydrogens (primary N) is 1. The normalized spacial score (nSPS) is 14.2. The summed E-state index contributed by atoms with van der Waals surface area (Å²) in [6, 6.07) is 0.337. The number of hydrogen-bond donors (Lipinski definition) is 1. The van der Waals surface area contributed by atoms with Crippen LogP contribution >= 0.6 is 0 Å². The van der Waals surface area contributed by atoms with Crippen molar-refractivity contribution >= 4 is 0 Å². The van der Waals surface area contributed by atoms with Gasteiger partial charge in [-0.2, -0.15) is 0 Å². The van der Waals surface area contributed by atoms with Gasteiger partial charge in [-0.25, -0.2) is 0 Å². The highest BCUT2D eigenvalue weighted by atomic mass is 15.1. The van der Waals surface area contributed by atoms with Crippen molar-refractivity contribution in [3.8, 4) is 0 Å². The van der Waals surface area contributed by atoms with Crippen LogP contribution in [0.4, 0.5) is 0 Å². The van der Waals surface area contributed by atoms with Crippen molar-refractivity contribution in [3.05, 3.63) is 0 Å². The largest absolute Gasteiger partial charge is 0.327 e. The van der Waals surface area contributed by atoms with Crippen LogP contribution in [0.1, 0.15) is 60.8 Å². The fraction of sp³-hybridized carbons (Fsp3) is 1.00. The van der Waals surface area contributed by atoms with E-state index >= 15 is 0 Å². The zero-order chi connectivity index (χ0) is 14.1. The molecule has 2 N–H and O–H groups in total. The molecule has 0 spiro atoms. The first-order chi connectivity index (χ1) is 8.31. The van der Waals surface area contributed by atoms with Gasteiger partial charge in [-0.15, -0.1) is 0 Å². The van der Waals surface area contributed by atoms with E-state index in [2.05, 4.69) is 46.4 Å². The van der Waals surface area contributed by atoms with Crippen molar-refractivity contribution in [1.82, 2.24) is 4.90 Å². The van der Waals surface area contributed by atoms with Crippen LogP contribution < -0.4 is 5.73 Å². The Morgan fingerprint density at radius 2 is 1.22 bits per heavy atom.